The summed E-state index contributed by atoms with van der Waals surface area (Å²) >= 11 is 0. The first-order valence-electron chi connectivity index (χ1n) is 4.81. The van der Waals surface area contributed by atoms with Crippen LogP contribution in [0.5, 0.6) is 0 Å². The minimum absolute atomic E-state index is 0.506. The van der Waals surface area contributed by atoms with E-state index in [2.05, 4.69) is 0 Å². The van der Waals surface area contributed by atoms with E-state index in [9.17, 15) is 4.79 Å². The smallest absolute Gasteiger partial charge is 0.313 e. The van der Waals surface area contributed by atoms with Gasteiger partial charge in [0, 0.05) is 5.39 Å². The largest absolute Gasteiger partial charge is 0.481 e. The van der Waals surface area contributed by atoms with Crippen LogP contribution in [0.1, 0.15) is 24.2 Å². The molecule has 1 heterocycles. The normalized spacial score (nSPS) is 12.9. The molecule has 0 aliphatic carbocycles. The van der Waals surface area contributed by atoms with Crippen molar-refractivity contribution in [2.75, 3.05) is 0 Å². The summed E-state index contributed by atoms with van der Waals surface area (Å²) in [6.07, 6.45) is 0. The maximum Gasteiger partial charge on any atom is 0.313 e. The number of carboxylic acids is 1. The van der Waals surface area contributed by atoms with Crippen molar-refractivity contribution in [1.29, 1.82) is 0 Å². The van der Waals surface area contributed by atoms with E-state index in [0.717, 1.165) is 16.5 Å². The second-order valence-corrected chi connectivity index (χ2v) is 3.70. The van der Waals surface area contributed by atoms with Gasteiger partial charge in [0.1, 0.15) is 17.3 Å². The number of furan rings is 1. The van der Waals surface area contributed by atoms with Gasteiger partial charge in [-0.2, -0.15) is 0 Å². The highest BCUT2D eigenvalue weighted by Gasteiger charge is 2.18. The van der Waals surface area contributed by atoms with E-state index in [1.807, 2.05) is 31.2 Å². The average Bonchev–Trinajstić information content (AvgIpc) is 2.61. The molecule has 0 amide bonds. The monoisotopic (exact) mass is 204 g/mol. The van der Waals surface area contributed by atoms with E-state index in [4.69, 9.17) is 9.52 Å². The summed E-state index contributed by atoms with van der Waals surface area (Å²) in [5.74, 6) is -0.963. The lowest BCUT2D eigenvalue weighted by Crippen LogP contribution is -2.05. The molecule has 3 heteroatoms. The summed E-state index contributed by atoms with van der Waals surface area (Å²) in [6.45, 7) is 3.60. The van der Waals surface area contributed by atoms with E-state index >= 15 is 0 Å². The number of rotatable bonds is 2. The molecule has 1 atom stereocenters. The molecule has 0 saturated heterocycles. The highest BCUT2D eigenvalue weighted by Crippen LogP contribution is 2.27. The fraction of sp³-hybridized carbons (Fsp3) is 0.250. The molecule has 0 saturated carbocycles. The summed E-state index contributed by atoms with van der Waals surface area (Å²) in [4.78, 5) is 10.8. The van der Waals surface area contributed by atoms with Gasteiger partial charge in [-0.05, 0) is 31.5 Å². The van der Waals surface area contributed by atoms with Crippen molar-refractivity contribution < 1.29 is 14.3 Å². The number of hydrogen-bond donors (Lipinski definition) is 1. The Morgan fingerprint density at radius 1 is 1.47 bits per heavy atom. The van der Waals surface area contributed by atoms with Crippen LogP contribution in [-0.2, 0) is 4.79 Å². The number of aliphatic carboxylic acids is 1. The topological polar surface area (TPSA) is 50.4 Å². The van der Waals surface area contributed by atoms with Gasteiger partial charge in [-0.25, -0.2) is 0 Å². The molecule has 1 aromatic carbocycles. The molecule has 0 radical (unpaired) electrons. The quantitative estimate of drug-likeness (QED) is 0.818. The Kier molecular flexibility index (Phi) is 2.23. The van der Waals surface area contributed by atoms with Crippen molar-refractivity contribution in [3.63, 3.8) is 0 Å². The predicted molar refractivity (Wildman–Crippen MR) is 57.0 cm³/mol. The molecule has 0 bridgehead atoms. The van der Waals surface area contributed by atoms with Gasteiger partial charge < -0.3 is 9.52 Å². The van der Waals surface area contributed by atoms with E-state index < -0.39 is 11.9 Å². The van der Waals surface area contributed by atoms with Crippen LogP contribution in [0.3, 0.4) is 0 Å². The van der Waals surface area contributed by atoms with Crippen molar-refractivity contribution in [3.05, 3.63) is 35.6 Å². The van der Waals surface area contributed by atoms with Crippen molar-refractivity contribution >= 4 is 16.9 Å². The summed E-state index contributed by atoms with van der Waals surface area (Å²) < 4.78 is 5.49. The Hall–Kier alpha value is -1.77. The Labute approximate surface area is 87.3 Å². The number of carbonyl (C=O) groups is 1. The van der Waals surface area contributed by atoms with E-state index in [1.165, 1.54) is 0 Å². The second-order valence-electron chi connectivity index (χ2n) is 3.70. The van der Waals surface area contributed by atoms with Crippen molar-refractivity contribution in [2.24, 2.45) is 0 Å². The molecule has 1 N–H and O–H groups in total. The Morgan fingerprint density at radius 2 is 2.20 bits per heavy atom. The van der Waals surface area contributed by atoms with Gasteiger partial charge in [0.05, 0.1) is 0 Å². The van der Waals surface area contributed by atoms with Crippen LogP contribution >= 0.6 is 0 Å². The molecule has 15 heavy (non-hydrogen) atoms. The lowest BCUT2D eigenvalue weighted by Gasteiger charge is -1.99. The van der Waals surface area contributed by atoms with Gasteiger partial charge in [0.15, 0.2) is 0 Å². The SMILES string of the molecule is Cc1cccc2oc(C(C)C(=O)O)cc12. The molecule has 2 rings (SSSR count). The van der Waals surface area contributed by atoms with Crippen LogP contribution in [0.15, 0.2) is 28.7 Å². The van der Waals surface area contributed by atoms with E-state index in [1.54, 1.807) is 6.92 Å². The molecule has 3 nitrogen and oxygen atoms in total. The van der Waals surface area contributed by atoms with Gasteiger partial charge in [-0.3, -0.25) is 4.79 Å². The van der Waals surface area contributed by atoms with E-state index in [-0.39, 0.29) is 0 Å². The van der Waals surface area contributed by atoms with Crippen molar-refractivity contribution in [1.82, 2.24) is 0 Å². The van der Waals surface area contributed by atoms with Gasteiger partial charge in [0.2, 0.25) is 0 Å². The number of aryl methyl sites for hydroxylation is 1. The van der Waals surface area contributed by atoms with Crippen molar-refractivity contribution in [3.8, 4) is 0 Å². The zero-order valence-electron chi connectivity index (χ0n) is 8.65. The number of fused-ring (bicyclic) bond motifs is 1. The third-order valence-corrected chi connectivity index (χ3v) is 2.60. The second kappa shape index (κ2) is 3.42. The number of hydrogen-bond acceptors (Lipinski definition) is 2. The van der Waals surface area contributed by atoms with Crippen LogP contribution in [0.2, 0.25) is 0 Å². The van der Waals surface area contributed by atoms with E-state index in [0.29, 0.717) is 5.76 Å². The third kappa shape index (κ3) is 1.61. The van der Waals surface area contributed by atoms with Crippen LogP contribution in [-0.4, -0.2) is 11.1 Å². The van der Waals surface area contributed by atoms with Crippen LogP contribution in [0.25, 0.3) is 11.0 Å². The predicted octanol–water partition coefficient (Wildman–Crippen LogP) is 2.93. The highest BCUT2D eigenvalue weighted by atomic mass is 16.4. The Morgan fingerprint density at radius 3 is 2.80 bits per heavy atom. The van der Waals surface area contributed by atoms with Crippen LogP contribution < -0.4 is 0 Å². The van der Waals surface area contributed by atoms with Gasteiger partial charge >= 0.3 is 5.97 Å². The molecule has 1 aromatic heterocycles. The molecular weight excluding hydrogens is 192 g/mol. The molecule has 0 fully saturated rings. The fourth-order valence-electron chi connectivity index (χ4n) is 1.56. The lowest BCUT2D eigenvalue weighted by molar-refractivity contribution is -0.138. The summed E-state index contributed by atoms with van der Waals surface area (Å²) in [5, 5.41) is 9.86. The molecule has 0 aliphatic heterocycles. The highest BCUT2D eigenvalue weighted by molar-refractivity contribution is 5.84. The Balaban J connectivity index is 2.56. The molecule has 0 aliphatic rings. The first kappa shape index (κ1) is 9.77. The minimum atomic E-state index is -0.869. The third-order valence-electron chi connectivity index (χ3n) is 2.60. The van der Waals surface area contributed by atoms with Gasteiger partial charge in [-0.15, -0.1) is 0 Å². The summed E-state index contributed by atoms with van der Waals surface area (Å²) in [7, 11) is 0. The summed E-state index contributed by atoms with van der Waals surface area (Å²) in [6, 6.07) is 7.54. The summed E-state index contributed by atoms with van der Waals surface area (Å²) in [5.41, 5.74) is 1.85. The number of benzene rings is 1. The zero-order valence-corrected chi connectivity index (χ0v) is 8.65. The van der Waals surface area contributed by atoms with Gasteiger partial charge in [0.25, 0.3) is 0 Å². The van der Waals surface area contributed by atoms with Crippen LogP contribution in [0.4, 0.5) is 0 Å². The Bertz CT molecular complexity index is 511. The molecule has 1 unspecified atom stereocenters. The zero-order chi connectivity index (χ0) is 11.0. The molecule has 2 aromatic rings. The molecule has 78 valence electrons. The average molecular weight is 204 g/mol. The molecule has 0 spiro atoms. The molecular formula is C12H12O3. The number of carboxylic acid groups (broad SMARTS) is 1. The van der Waals surface area contributed by atoms with Crippen molar-refractivity contribution in [2.45, 2.75) is 19.8 Å². The standard InChI is InChI=1S/C12H12O3/c1-7-4-3-5-10-9(7)6-11(15-10)8(2)12(13)14/h3-6,8H,1-2H3,(H,13,14). The minimum Gasteiger partial charge on any atom is -0.481 e. The van der Waals surface area contributed by atoms with Crippen LogP contribution in [0, 0.1) is 6.92 Å². The lowest BCUT2D eigenvalue weighted by atomic mass is 10.1. The fourth-order valence-corrected chi connectivity index (χ4v) is 1.56. The first-order chi connectivity index (χ1) is 7.09. The maximum absolute atomic E-state index is 10.8. The maximum atomic E-state index is 10.8. The van der Waals surface area contributed by atoms with Gasteiger partial charge in [-0.1, -0.05) is 12.1 Å². The first-order valence-corrected chi connectivity index (χ1v) is 4.81.